The summed E-state index contributed by atoms with van der Waals surface area (Å²) in [7, 11) is 0. The van der Waals surface area contributed by atoms with E-state index in [0.29, 0.717) is 6.10 Å². The molecule has 3 heteroatoms. The van der Waals surface area contributed by atoms with E-state index in [1.165, 1.54) is 16.5 Å². The number of ether oxygens (including phenoxy) is 1. The monoisotopic (exact) mass is 317 g/mol. The highest BCUT2D eigenvalue weighted by Crippen LogP contribution is 2.19. The smallest absolute Gasteiger partial charge is 0.124 e. The third-order valence-electron chi connectivity index (χ3n) is 2.58. The number of hydrogen-bond acceptors (Lipinski definition) is 2. The van der Waals surface area contributed by atoms with Crippen LogP contribution in [0.5, 0.6) is 5.75 Å². The van der Waals surface area contributed by atoms with Crippen molar-refractivity contribution in [3.63, 3.8) is 0 Å². The van der Waals surface area contributed by atoms with E-state index in [9.17, 15) is 0 Å². The second-order valence-electron chi connectivity index (χ2n) is 3.95. The van der Waals surface area contributed by atoms with Gasteiger partial charge in [-0.05, 0) is 59.8 Å². The summed E-state index contributed by atoms with van der Waals surface area (Å²) in [6.45, 7) is 5.58. The second kappa shape index (κ2) is 5.16. The van der Waals surface area contributed by atoms with Crippen LogP contribution in [0.4, 0.5) is 0 Å². The highest BCUT2D eigenvalue weighted by atomic mass is 127. The van der Waals surface area contributed by atoms with Gasteiger partial charge in [-0.1, -0.05) is 6.92 Å². The number of nitrogens with zero attached hydrogens (tertiary/aromatic N) is 1. The van der Waals surface area contributed by atoms with Crippen molar-refractivity contribution in [1.82, 2.24) is 4.90 Å². The molecule has 1 aromatic carbocycles. The van der Waals surface area contributed by atoms with Crippen molar-refractivity contribution in [3.8, 4) is 5.75 Å². The minimum absolute atomic E-state index is 0.400. The van der Waals surface area contributed by atoms with Gasteiger partial charge in [-0.3, -0.25) is 4.90 Å². The molecule has 2 rings (SSSR count). The fourth-order valence-electron chi connectivity index (χ4n) is 1.80. The molecule has 2 nitrogen and oxygen atoms in total. The van der Waals surface area contributed by atoms with Crippen molar-refractivity contribution in [3.05, 3.63) is 27.8 Å². The van der Waals surface area contributed by atoms with Gasteiger partial charge in [-0.2, -0.15) is 0 Å². The summed E-state index contributed by atoms with van der Waals surface area (Å²) in [6.07, 6.45) is 1.63. The van der Waals surface area contributed by atoms with E-state index in [1.807, 2.05) is 12.1 Å². The standard InChI is InChI=1S/C12H16INO/c1-2-7-14-8-12(9-14)15-11-5-3-10(13)4-6-11/h3-6,12H,2,7-9H2,1H3. The van der Waals surface area contributed by atoms with E-state index in [1.54, 1.807) is 0 Å². The van der Waals surface area contributed by atoms with Crippen molar-refractivity contribution >= 4 is 22.6 Å². The molecule has 0 aliphatic carbocycles. The Hall–Kier alpha value is -0.290. The fraction of sp³-hybridized carbons (Fsp3) is 0.500. The largest absolute Gasteiger partial charge is 0.488 e. The molecule has 1 heterocycles. The molecule has 0 saturated carbocycles. The molecule has 1 fully saturated rings. The van der Waals surface area contributed by atoms with Crippen LogP contribution in [-0.2, 0) is 0 Å². The summed E-state index contributed by atoms with van der Waals surface area (Å²) in [5.74, 6) is 0.997. The maximum atomic E-state index is 5.84. The third-order valence-corrected chi connectivity index (χ3v) is 3.30. The van der Waals surface area contributed by atoms with Crippen LogP contribution in [0.15, 0.2) is 24.3 Å². The van der Waals surface area contributed by atoms with Crippen molar-refractivity contribution < 1.29 is 4.74 Å². The first-order valence-corrected chi connectivity index (χ1v) is 6.50. The van der Waals surface area contributed by atoms with E-state index in [4.69, 9.17) is 4.74 Å². The number of likely N-dealkylation sites (tertiary alicyclic amines) is 1. The molecule has 15 heavy (non-hydrogen) atoms. The predicted octanol–water partition coefficient (Wildman–Crippen LogP) is 2.76. The first-order chi connectivity index (χ1) is 7.28. The summed E-state index contributed by atoms with van der Waals surface area (Å²) in [5, 5.41) is 0. The van der Waals surface area contributed by atoms with Gasteiger partial charge in [-0.15, -0.1) is 0 Å². The molecule has 0 atom stereocenters. The van der Waals surface area contributed by atoms with Gasteiger partial charge in [0.2, 0.25) is 0 Å². The van der Waals surface area contributed by atoms with Crippen LogP contribution in [0, 0.1) is 3.57 Å². The van der Waals surface area contributed by atoms with Gasteiger partial charge in [0, 0.05) is 16.7 Å². The average Bonchev–Trinajstić information content (AvgIpc) is 2.18. The molecule has 0 amide bonds. The van der Waals surface area contributed by atoms with E-state index in [0.717, 1.165) is 18.8 Å². The summed E-state index contributed by atoms with van der Waals surface area (Å²) < 4.78 is 7.09. The van der Waals surface area contributed by atoms with Gasteiger partial charge in [0.05, 0.1) is 0 Å². The first kappa shape index (κ1) is 11.2. The molecule has 1 aliphatic heterocycles. The lowest BCUT2D eigenvalue weighted by Crippen LogP contribution is -2.53. The maximum Gasteiger partial charge on any atom is 0.124 e. The summed E-state index contributed by atoms with van der Waals surface area (Å²) in [6, 6.07) is 8.26. The fourth-order valence-corrected chi connectivity index (χ4v) is 2.16. The Morgan fingerprint density at radius 1 is 1.33 bits per heavy atom. The normalized spacial score (nSPS) is 17.5. The van der Waals surface area contributed by atoms with Crippen molar-refractivity contribution in [1.29, 1.82) is 0 Å². The van der Waals surface area contributed by atoms with E-state index < -0.39 is 0 Å². The topological polar surface area (TPSA) is 12.5 Å². The van der Waals surface area contributed by atoms with Crippen molar-refractivity contribution in [2.45, 2.75) is 19.4 Å². The van der Waals surface area contributed by atoms with E-state index in [2.05, 4.69) is 46.5 Å². The second-order valence-corrected chi connectivity index (χ2v) is 5.20. The minimum Gasteiger partial charge on any atom is -0.488 e. The van der Waals surface area contributed by atoms with Crippen molar-refractivity contribution in [2.75, 3.05) is 19.6 Å². The number of benzene rings is 1. The molecule has 0 spiro atoms. The molecule has 82 valence electrons. The molecule has 1 aromatic rings. The first-order valence-electron chi connectivity index (χ1n) is 5.42. The Morgan fingerprint density at radius 3 is 2.60 bits per heavy atom. The van der Waals surface area contributed by atoms with Gasteiger partial charge in [0.25, 0.3) is 0 Å². The average molecular weight is 317 g/mol. The molecular formula is C12H16INO. The van der Waals surface area contributed by atoms with Gasteiger partial charge in [0.1, 0.15) is 11.9 Å². The van der Waals surface area contributed by atoms with Crippen LogP contribution < -0.4 is 4.74 Å². The van der Waals surface area contributed by atoms with Gasteiger partial charge in [-0.25, -0.2) is 0 Å². The summed E-state index contributed by atoms with van der Waals surface area (Å²) >= 11 is 2.30. The predicted molar refractivity (Wildman–Crippen MR) is 70.3 cm³/mol. The Bertz CT molecular complexity index is 306. The van der Waals surface area contributed by atoms with Crippen LogP contribution in [0.3, 0.4) is 0 Å². The van der Waals surface area contributed by atoms with Crippen LogP contribution in [0.2, 0.25) is 0 Å². The van der Waals surface area contributed by atoms with Gasteiger partial charge < -0.3 is 4.74 Å². The number of hydrogen-bond donors (Lipinski definition) is 0. The Morgan fingerprint density at radius 2 is 2.00 bits per heavy atom. The van der Waals surface area contributed by atoms with E-state index >= 15 is 0 Å². The van der Waals surface area contributed by atoms with Crippen LogP contribution in [0.25, 0.3) is 0 Å². The zero-order chi connectivity index (χ0) is 10.7. The molecule has 1 aliphatic rings. The number of rotatable bonds is 4. The lowest BCUT2D eigenvalue weighted by Gasteiger charge is -2.38. The van der Waals surface area contributed by atoms with Gasteiger partial charge >= 0.3 is 0 Å². The molecular weight excluding hydrogens is 301 g/mol. The van der Waals surface area contributed by atoms with Crippen LogP contribution >= 0.6 is 22.6 Å². The molecule has 0 aromatic heterocycles. The lowest BCUT2D eigenvalue weighted by molar-refractivity contribution is 0.0202. The Labute approximate surface area is 105 Å². The van der Waals surface area contributed by atoms with Crippen LogP contribution in [-0.4, -0.2) is 30.6 Å². The zero-order valence-electron chi connectivity index (χ0n) is 8.95. The molecule has 0 radical (unpaired) electrons. The molecule has 0 unspecified atom stereocenters. The highest BCUT2D eigenvalue weighted by Gasteiger charge is 2.27. The Balaban J connectivity index is 1.77. The zero-order valence-corrected chi connectivity index (χ0v) is 11.1. The highest BCUT2D eigenvalue weighted by molar-refractivity contribution is 14.1. The molecule has 0 N–H and O–H groups in total. The molecule has 1 saturated heterocycles. The minimum atomic E-state index is 0.400. The lowest BCUT2D eigenvalue weighted by atomic mass is 10.1. The summed E-state index contributed by atoms with van der Waals surface area (Å²) in [4.78, 5) is 2.43. The summed E-state index contributed by atoms with van der Waals surface area (Å²) in [5.41, 5.74) is 0. The SMILES string of the molecule is CCCN1CC(Oc2ccc(I)cc2)C1. The van der Waals surface area contributed by atoms with Gasteiger partial charge in [0.15, 0.2) is 0 Å². The van der Waals surface area contributed by atoms with E-state index in [-0.39, 0.29) is 0 Å². The molecule has 0 bridgehead atoms. The van der Waals surface area contributed by atoms with Crippen LogP contribution in [0.1, 0.15) is 13.3 Å². The quantitative estimate of drug-likeness (QED) is 0.792. The van der Waals surface area contributed by atoms with Crippen molar-refractivity contribution in [2.24, 2.45) is 0 Å². The third kappa shape index (κ3) is 3.08. The number of halogens is 1. The Kier molecular flexibility index (Phi) is 3.86. The maximum absolute atomic E-state index is 5.84.